The molecule has 1 fully saturated rings. The predicted octanol–water partition coefficient (Wildman–Crippen LogP) is 4.28. The van der Waals surface area contributed by atoms with Gasteiger partial charge in [-0.25, -0.2) is 9.59 Å². The number of carbonyl (C=O) groups is 3. The van der Waals surface area contributed by atoms with Gasteiger partial charge in [-0.3, -0.25) is 10.1 Å². The Morgan fingerprint density at radius 2 is 1.74 bits per heavy atom. The molecule has 5 rings (SSSR count). The molecule has 1 saturated heterocycles. The predicted molar refractivity (Wildman–Crippen MR) is 127 cm³/mol. The minimum atomic E-state index is -1.07. The molecular formula is C25H22N2O6S. The molecule has 1 aromatic heterocycles. The van der Waals surface area contributed by atoms with Gasteiger partial charge in [0.15, 0.2) is 0 Å². The Kier molecular flexibility index (Phi) is 6.02. The topological polar surface area (TPSA) is 109 Å². The minimum absolute atomic E-state index is 0.0919. The van der Waals surface area contributed by atoms with E-state index in [1.54, 1.807) is 0 Å². The van der Waals surface area contributed by atoms with E-state index in [4.69, 9.17) is 9.15 Å². The van der Waals surface area contributed by atoms with Gasteiger partial charge >= 0.3 is 12.1 Å². The number of benzene rings is 2. The molecule has 3 aromatic rings. The van der Waals surface area contributed by atoms with Crippen LogP contribution in [0.4, 0.5) is 10.5 Å². The molecule has 2 amide bonds. The SMILES string of the molecule is O=C(Nc1ccoc1C(=O)N1CCSCC1C(=O)O)OCC1c2ccccc2-c2ccccc21. The lowest BCUT2D eigenvalue weighted by molar-refractivity contribution is -0.141. The van der Waals surface area contributed by atoms with Crippen LogP contribution in [0.1, 0.15) is 27.6 Å². The van der Waals surface area contributed by atoms with Gasteiger partial charge in [-0.2, -0.15) is 11.8 Å². The number of nitrogens with zero attached hydrogens (tertiary/aromatic N) is 1. The lowest BCUT2D eigenvalue weighted by Gasteiger charge is -2.32. The number of hydrogen-bond donors (Lipinski definition) is 2. The molecule has 2 heterocycles. The maximum Gasteiger partial charge on any atom is 0.411 e. The molecule has 0 saturated carbocycles. The lowest BCUT2D eigenvalue weighted by atomic mass is 9.98. The Balaban J connectivity index is 1.28. The summed E-state index contributed by atoms with van der Waals surface area (Å²) in [7, 11) is 0. The van der Waals surface area contributed by atoms with Crippen molar-refractivity contribution in [1.82, 2.24) is 4.90 Å². The zero-order chi connectivity index (χ0) is 23.7. The molecule has 2 aliphatic rings. The number of fused-ring (bicyclic) bond motifs is 3. The Labute approximate surface area is 199 Å². The van der Waals surface area contributed by atoms with Crippen LogP contribution in [0.3, 0.4) is 0 Å². The second kappa shape index (κ2) is 9.26. The highest BCUT2D eigenvalue weighted by Crippen LogP contribution is 2.44. The van der Waals surface area contributed by atoms with Gasteiger partial charge in [-0.05, 0) is 22.3 Å². The molecule has 1 unspecified atom stereocenters. The third-order valence-electron chi connectivity index (χ3n) is 6.11. The number of ether oxygens (including phenoxy) is 1. The summed E-state index contributed by atoms with van der Waals surface area (Å²) in [6, 6.07) is 16.6. The first-order valence-electron chi connectivity index (χ1n) is 10.9. The van der Waals surface area contributed by atoms with Crippen molar-refractivity contribution in [3.63, 3.8) is 0 Å². The van der Waals surface area contributed by atoms with Gasteiger partial charge in [0.25, 0.3) is 5.91 Å². The van der Waals surface area contributed by atoms with Crippen LogP contribution in [-0.2, 0) is 9.53 Å². The summed E-state index contributed by atoms with van der Waals surface area (Å²) in [6.07, 6.45) is 0.558. The summed E-state index contributed by atoms with van der Waals surface area (Å²) < 4.78 is 10.9. The highest BCUT2D eigenvalue weighted by molar-refractivity contribution is 7.99. The van der Waals surface area contributed by atoms with Crippen LogP contribution >= 0.6 is 11.8 Å². The summed E-state index contributed by atoms with van der Waals surface area (Å²) >= 11 is 1.48. The number of hydrogen-bond acceptors (Lipinski definition) is 6. The van der Waals surface area contributed by atoms with Gasteiger partial charge in [0.1, 0.15) is 12.6 Å². The van der Waals surface area contributed by atoms with Crippen LogP contribution in [0.25, 0.3) is 11.1 Å². The third-order valence-corrected chi connectivity index (χ3v) is 7.14. The van der Waals surface area contributed by atoms with E-state index in [-0.39, 0.29) is 30.5 Å². The summed E-state index contributed by atoms with van der Waals surface area (Å²) in [5.74, 6) is -0.926. The standard InChI is InChI=1S/C25H22N2O6S/c28-23(27-10-12-34-14-21(27)24(29)30)22-20(9-11-32-22)26-25(31)33-13-19-17-7-3-1-5-15(17)16-6-2-4-8-18(16)19/h1-9,11,19,21H,10,12-14H2,(H,26,31)(H,29,30). The number of carboxylic acid groups (broad SMARTS) is 1. The highest BCUT2D eigenvalue weighted by atomic mass is 32.2. The maximum absolute atomic E-state index is 13.0. The van der Waals surface area contributed by atoms with Crippen LogP contribution in [0.2, 0.25) is 0 Å². The molecule has 2 aromatic carbocycles. The van der Waals surface area contributed by atoms with Crippen molar-refractivity contribution in [1.29, 1.82) is 0 Å². The van der Waals surface area contributed by atoms with E-state index in [1.807, 2.05) is 36.4 Å². The smallest absolute Gasteiger partial charge is 0.411 e. The molecule has 8 nitrogen and oxygen atoms in total. The van der Waals surface area contributed by atoms with Crippen LogP contribution in [0, 0.1) is 0 Å². The Morgan fingerprint density at radius 3 is 2.41 bits per heavy atom. The molecular weight excluding hydrogens is 456 g/mol. The van der Waals surface area contributed by atoms with E-state index < -0.39 is 24.0 Å². The second-order valence-corrected chi connectivity index (χ2v) is 9.19. The van der Waals surface area contributed by atoms with Gasteiger partial charge in [0.2, 0.25) is 5.76 Å². The molecule has 1 aliphatic heterocycles. The highest BCUT2D eigenvalue weighted by Gasteiger charge is 2.35. The van der Waals surface area contributed by atoms with Crippen LogP contribution in [-0.4, -0.2) is 58.7 Å². The van der Waals surface area contributed by atoms with Crippen LogP contribution in [0.5, 0.6) is 0 Å². The second-order valence-electron chi connectivity index (χ2n) is 8.04. The van der Waals surface area contributed by atoms with E-state index in [0.717, 1.165) is 22.3 Å². The van der Waals surface area contributed by atoms with Crippen molar-refractivity contribution < 1.29 is 28.6 Å². The van der Waals surface area contributed by atoms with E-state index in [9.17, 15) is 19.5 Å². The fraction of sp³-hybridized carbons (Fsp3) is 0.240. The zero-order valence-electron chi connectivity index (χ0n) is 18.1. The number of aliphatic carboxylic acids is 1. The van der Waals surface area contributed by atoms with Crippen molar-refractivity contribution in [2.24, 2.45) is 0 Å². The number of anilines is 1. The molecule has 0 spiro atoms. The first-order chi connectivity index (χ1) is 16.5. The summed E-state index contributed by atoms with van der Waals surface area (Å²) in [4.78, 5) is 38.4. The first kappa shape index (κ1) is 22.1. The first-order valence-corrected chi connectivity index (χ1v) is 12.0. The lowest BCUT2D eigenvalue weighted by Crippen LogP contribution is -2.50. The Bertz CT molecular complexity index is 1210. The summed E-state index contributed by atoms with van der Waals surface area (Å²) in [5.41, 5.74) is 4.59. The van der Waals surface area contributed by atoms with Crippen molar-refractivity contribution in [2.75, 3.05) is 30.0 Å². The van der Waals surface area contributed by atoms with Crippen molar-refractivity contribution in [2.45, 2.75) is 12.0 Å². The van der Waals surface area contributed by atoms with Crippen LogP contribution < -0.4 is 5.32 Å². The molecule has 174 valence electrons. The monoisotopic (exact) mass is 478 g/mol. The molecule has 34 heavy (non-hydrogen) atoms. The fourth-order valence-electron chi connectivity index (χ4n) is 4.50. The number of amides is 2. The van der Waals surface area contributed by atoms with Crippen LogP contribution in [0.15, 0.2) is 65.3 Å². The third kappa shape index (κ3) is 4.03. The number of thioether (sulfide) groups is 1. The largest absolute Gasteiger partial charge is 0.480 e. The van der Waals surface area contributed by atoms with Gasteiger partial charge < -0.3 is 19.2 Å². The van der Waals surface area contributed by atoms with E-state index in [2.05, 4.69) is 17.4 Å². The van der Waals surface area contributed by atoms with Gasteiger partial charge in [-0.15, -0.1) is 0 Å². The quantitative estimate of drug-likeness (QED) is 0.563. The maximum atomic E-state index is 13.0. The van der Waals surface area contributed by atoms with E-state index >= 15 is 0 Å². The van der Waals surface area contributed by atoms with Crippen molar-refractivity contribution in [3.8, 4) is 11.1 Å². The minimum Gasteiger partial charge on any atom is -0.480 e. The number of nitrogens with one attached hydrogen (secondary N) is 1. The average Bonchev–Trinajstić information content (AvgIpc) is 3.44. The van der Waals surface area contributed by atoms with Gasteiger partial charge in [-0.1, -0.05) is 48.5 Å². The fourth-order valence-corrected chi connectivity index (χ4v) is 5.54. The summed E-state index contributed by atoms with van der Waals surface area (Å²) in [5, 5.41) is 12.0. The molecule has 2 N–H and O–H groups in total. The zero-order valence-corrected chi connectivity index (χ0v) is 18.9. The number of carbonyl (C=O) groups excluding carboxylic acids is 2. The number of carboxylic acids is 1. The number of furan rings is 1. The van der Waals surface area contributed by atoms with Crippen molar-refractivity contribution in [3.05, 3.63) is 77.7 Å². The normalized spacial score (nSPS) is 17.1. The number of rotatable bonds is 5. The molecule has 1 aliphatic carbocycles. The summed E-state index contributed by atoms with van der Waals surface area (Å²) in [6.45, 7) is 0.414. The Hall–Kier alpha value is -3.72. The van der Waals surface area contributed by atoms with E-state index in [0.29, 0.717) is 11.5 Å². The van der Waals surface area contributed by atoms with Gasteiger partial charge in [0, 0.05) is 30.0 Å². The molecule has 0 radical (unpaired) electrons. The molecule has 0 bridgehead atoms. The molecule has 9 heteroatoms. The molecule has 1 atom stereocenters. The average molecular weight is 479 g/mol. The van der Waals surface area contributed by atoms with Crippen molar-refractivity contribution >= 4 is 35.4 Å². The Morgan fingerprint density at radius 1 is 1.06 bits per heavy atom. The van der Waals surface area contributed by atoms with Gasteiger partial charge in [0.05, 0.1) is 12.0 Å². The van der Waals surface area contributed by atoms with E-state index in [1.165, 1.54) is 29.0 Å².